The number of aromatic carboxylic acids is 1. The van der Waals surface area contributed by atoms with Gasteiger partial charge in [0.05, 0.1) is 22.0 Å². The first-order valence-electron chi connectivity index (χ1n) is 13.7. The monoisotopic (exact) mass is 635 g/mol. The smallest absolute Gasteiger partial charge is 0.335 e. The molecule has 0 bridgehead atoms. The van der Waals surface area contributed by atoms with Crippen LogP contribution >= 0.6 is 23.4 Å². The molecule has 5 rings (SSSR count). The second-order valence-electron chi connectivity index (χ2n) is 9.77. The van der Waals surface area contributed by atoms with Gasteiger partial charge >= 0.3 is 5.97 Å². The highest BCUT2D eigenvalue weighted by atomic mass is 35.5. The summed E-state index contributed by atoms with van der Waals surface area (Å²) in [5, 5.41) is 19.6. The number of halogens is 1. The van der Waals surface area contributed by atoms with Crippen molar-refractivity contribution < 1.29 is 24.3 Å². The molecule has 0 aliphatic rings. The molecule has 0 aromatic heterocycles. The van der Waals surface area contributed by atoms with Gasteiger partial charge in [-0.3, -0.25) is 14.4 Å². The summed E-state index contributed by atoms with van der Waals surface area (Å²) in [5.74, 6) is -2.47. The van der Waals surface area contributed by atoms with Gasteiger partial charge in [0, 0.05) is 16.1 Å². The van der Waals surface area contributed by atoms with E-state index in [1.807, 2.05) is 42.5 Å². The molecule has 8 nitrogen and oxygen atoms in total. The van der Waals surface area contributed by atoms with Crippen LogP contribution in [-0.2, 0) is 9.59 Å². The van der Waals surface area contributed by atoms with Crippen LogP contribution in [0.25, 0.3) is 16.8 Å². The zero-order valence-corrected chi connectivity index (χ0v) is 25.2. The van der Waals surface area contributed by atoms with E-state index in [2.05, 4.69) is 16.0 Å². The summed E-state index contributed by atoms with van der Waals surface area (Å²) in [5.41, 5.74) is 1.88. The molecule has 0 saturated heterocycles. The molecular formula is C35H26ClN3O5S. The highest BCUT2D eigenvalue weighted by Gasteiger charge is 2.16. The molecule has 0 aliphatic carbocycles. The number of carboxylic acids is 1. The van der Waals surface area contributed by atoms with E-state index < -0.39 is 17.8 Å². The number of carbonyl (C=O) groups excluding carboxylic acids is 3. The van der Waals surface area contributed by atoms with E-state index in [1.165, 1.54) is 30.0 Å². The number of rotatable bonds is 10. The third-order valence-corrected chi connectivity index (χ3v) is 7.92. The molecule has 45 heavy (non-hydrogen) atoms. The average Bonchev–Trinajstić information content (AvgIpc) is 3.05. The Bertz CT molecular complexity index is 1940. The number of amides is 3. The minimum absolute atomic E-state index is 0.000348. The predicted molar refractivity (Wildman–Crippen MR) is 179 cm³/mol. The van der Waals surface area contributed by atoms with Crippen LogP contribution < -0.4 is 16.0 Å². The summed E-state index contributed by atoms with van der Waals surface area (Å²) in [6, 6.07) is 33.1. The van der Waals surface area contributed by atoms with Gasteiger partial charge in [0.1, 0.15) is 5.70 Å². The molecule has 0 heterocycles. The number of thioether (sulfide) groups is 1. The Kier molecular flexibility index (Phi) is 9.93. The van der Waals surface area contributed by atoms with Gasteiger partial charge < -0.3 is 21.1 Å². The molecule has 0 aliphatic heterocycles. The lowest BCUT2D eigenvalue weighted by atomic mass is 10.0. The number of benzene rings is 5. The fourth-order valence-corrected chi connectivity index (χ4v) is 5.35. The molecule has 10 heteroatoms. The first-order valence-corrected chi connectivity index (χ1v) is 15.1. The van der Waals surface area contributed by atoms with Gasteiger partial charge in [-0.05, 0) is 70.9 Å². The van der Waals surface area contributed by atoms with Gasteiger partial charge in [-0.1, -0.05) is 78.3 Å². The summed E-state index contributed by atoms with van der Waals surface area (Å²) >= 11 is 7.34. The molecule has 0 saturated carbocycles. The summed E-state index contributed by atoms with van der Waals surface area (Å²) in [6.07, 6.45) is 1.64. The van der Waals surface area contributed by atoms with E-state index in [1.54, 1.807) is 60.7 Å². The maximum absolute atomic E-state index is 13.6. The molecule has 224 valence electrons. The highest BCUT2D eigenvalue weighted by molar-refractivity contribution is 8.00. The van der Waals surface area contributed by atoms with E-state index in [0.717, 1.165) is 16.3 Å². The maximum atomic E-state index is 13.6. The fourth-order valence-electron chi connectivity index (χ4n) is 4.43. The van der Waals surface area contributed by atoms with E-state index in [-0.39, 0.29) is 33.6 Å². The van der Waals surface area contributed by atoms with Crippen molar-refractivity contribution in [3.8, 4) is 0 Å². The van der Waals surface area contributed by atoms with Crippen molar-refractivity contribution in [3.05, 3.63) is 143 Å². The predicted octanol–water partition coefficient (Wildman–Crippen LogP) is 7.33. The Morgan fingerprint density at radius 3 is 2.29 bits per heavy atom. The Hall–Kier alpha value is -5.38. The number of anilines is 2. The van der Waals surface area contributed by atoms with Crippen molar-refractivity contribution in [1.82, 2.24) is 5.32 Å². The normalized spacial score (nSPS) is 11.1. The van der Waals surface area contributed by atoms with Crippen molar-refractivity contribution in [3.63, 3.8) is 0 Å². The summed E-state index contributed by atoms with van der Waals surface area (Å²) in [6.45, 7) is 0. The van der Waals surface area contributed by atoms with Crippen LogP contribution in [0.4, 0.5) is 11.4 Å². The molecule has 4 N–H and O–H groups in total. The molecule has 0 spiro atoms. The first-order chi connectivity index (χ1) is 21.8. The van der Waals surface area contributed by atoms with Crippen molar-refractivity contribution in [1.29, 1.82) is 0 Å². The van der Waals surface area contributed by atoms with Crippen LogP contribution in [0.1, 0.15) is 26.3 Å². The van der Waals surface area contributed by atoms with Crippen LogP contribution in [0.15, 0.2) is 126 Å². The molecule has 0 radical (unpaired) electrons. The van der Waals surface area contributed by atoms with Gasteiger partial charge in [-0.25, -0.2) is 4.79 Å². The second-order valence-corrected chi connectivity index (χ2v) is 11.2. The third-order valence-electron chi connectivity index (χ3n) is 6.60. The van der Waals surface area contributed by atoms with Crippen molar-refractivity contribution in [2.24, 2.45) is 0 Å². The fraction of sp³-hybridized carbons (Fsp3) is 0.0286. The number of carboxylic acid groups (broad SMARTS) is 1. The highest BCUT2D eigenvalue weighted by Crippen LogP contribution is 2.26. The Balaban J connectivity index is 1.32. The number of carbonyl (C=O) groups is 4. The Morgan fingerprint density at radius 2 is 1.49 bits per heavy atom. The zero-order valence-electron chi connectivity index (χ0n) is 23.6. The molecule has 5 aromatic carbocycles. The van der Waals surface area contributed by atoms with Gasteiger partial charge in [0.15, 0.2) is 0 Å². The van der Waals surface area contributed by atoms with Crippen LogP contribution in [0, 0.1) is 0 Å². The summed E-state index contributed by atoms with van der Waals surface area (Å²) in [7, 11) is 0. The van der Waals surface area contributed by atoms with E-state index in [0.29, 0.717) is 16.1 Å². The van der Waals surface area contributed by atoms with Crippen molar-refractivity contribution in [2.75, 3.05) is 16.4 Å². The zero-order chi connectivity index (χ0) is 31.8. The minimum Gasteiger partial charge on any atom is -0.478 e. The summed E-state index contributed by atoms with van der Waals surface area (Å²) in [4.78, 5) is 51.2. The summed E-state index contributed by atoms with van der Waals surface area (Å²) < 4.78 is 0. The lowest BCUT2D eigenvalue weighted by Gasteiger charge is -2.13. The Labute approximate surface area is 268 Å². The number of hydrogen-bond donors (Lipinski definition) is 4. The molecule has 0 unspecified atom stereocenters. The topological polar surface area (TPSA) is 125 Å². The Morgan fingerprint density at radius 1 is 0.756 bits per heavy atom. The SMILES string of the molecule is O=C(CSc1cccc(NC(=O)/C(=C\c2cccc3ccccc23)NC(=O)c2ccccc2)c1)Nc1cc(C(=O)O)ccc1Cl. The first kappa shape index (κ1) is 31.1. The van der Waals surface area contributed by atoms with Gasteiger partial charge in [-0.2, -0.15) is 0 Å². The van der Waals surface area contributed by atoms with Gasteiger partial charge in [0.2, 0.25) is 5.91 Å². The van der Waals surface area contributed by atoms with Crippen molar-refractivity contribution in [2.45, 2.75) is 4.90 Å². The average molecular weight is 636 g/mol. The minimum atomic E-state index is -1.13. The maximum Gasteiger partial charge on any atom is 0.335 e. The van der Waals surface area contributed by atoms with E-state index in [4.69, 9.17) is 11.6 Å². The lowest BCUT2D eigenvalue weighted by Crippen LogP contribution is -2.30. The molecule has 0 fully saturated rings. The second kappa shape index (κ2) is 14.4. The van der Waals surface area contributed by atoms with E-state index in [9.17, 15) is 24.3 Å². The third kappa shape index (κ3) is 8.17. The molecule has 0 atom stereocenters. The quantitative estimate of drug-likeness (QED) is 0.0941. The van der Waals surface area contributed by atoms with Gasteiger partial charge in [0.25, 0.3) is 11.8 Å². The van der Waals surface area contributed by atoms with Crippen LogP contribution in [0.3, 0.4) is 0 Å². The van der Waals surface area contributed by atoms with E-state index >= 15 is 0 Å². The standard InChI is InChI=1S/C35H26ClN3O5S/c36-29-17-16-25(35(43)44)19-30(29)38-32(40)21-45-27-14-7-13-26(20-27)37-34(42)31(39-33(41)23-9-2-1-3-10-23)18-24-12-6-11-22-8-4-5-15-28(22)24/h1-20H,21H2,(H,37,42)(H,38,40)(H,39,41)(H,43,44)/b31-18+. The molecular weight excluding hydrogens is 610 g/mol. The number of hydrogen-bond acceptors (Lipinski definition) is 5. The van der Waals surface area contributed by atoms with Crippen molar-refractivity contribution >= 4 is 75.3 Å². The molecule has 5 aromatic rings. The van der Waals surface area contributed by atoms with Crippen LogP contribution in [-0.4, -0.2) is 34.6 Å². The van der Waals surface area contributed by atoms with Crippen LogP contribution in [0.2, 0.25) is 5.02 Å². The van der Waals surface area contributed by atoms with Crippen LogP contribution in [0.5, 0.6) is 0 Å². The number of fused-ring (bicyclic) bond motifs is 1. The van der Waals surface area contributed by atoms with Gasteiger partial charge in [-0.15, -0.1) is 11.8 Å². The lowest BCUT2D eigenvalue weighted by molar-refractivity contribution is -0.114. The number of nitrogens with one attached hydrogen (secondary N) is 3. The largest absolute Gasteiger partial charge is 0.478 e. The molecule has 3 amide bonds.